The van der Waals surface area contributed by atoms with Gasteiger partial charge in [-0.2, -0.15) is 0 Å². The van der Waals surface area contributed by atoms with Crippen molar-refractivity contribution in [2.24, 2.45) is 0 Å². The molecule has 126 valence electrons. The molecule has 0 spiro atoms. The van der Waals surface area contributed by atoms with Crippen molar-refractivity contribution >= 4 is 21.4 Å². The molecule has 24 heavy (non-hydrogen) atoms. The second-order valence-electron chi connectivity index (χ2n) is 5.66. The van der Waals surface area contributed by atoms with Crippen LogP contribution in [0.25, 0.3) is 0 Å². The first-order valence-corrected chi connectivity index (χ1v) is 9.55. The van der Waals surface area contributed by atoms with Crippen molar-refractivity contribution in [3.05, 3.63) is 76.0 Å². The van der Waals surface area contributed by atoms with E-state index in [-0.39, 0.29) is 16.2 Å². The molecule has 2 aromatic carbocycles. The van der Waals surface area contributed by atoms with Crippen molar-refractivity contribution in [2.75, 3.05) is 6.54 Å². The summed E-state index contributed by atoms with van der Waals surface area (Å²) in [6.07, 6.45) is 0.896. The van der Waals surface area contributed by atoms with Crippen molar-refractivity contribution in [2.45, 2.75) is 24.3 Å². The number of sulfone groups is 1. The minimum atomic E-state index is -3.75. The summed E-state index contributed by atoms with van der Waals surface area (Å²) in [5.74, 6) is -0.426. The van der Waals surface area contributed by atoms with Gasteiger partial charge in [0.2, 0.25) is 9.84 Å². The van der Waals surface area contributed by atoms with Crippen LogP contribution in [0.3, 0.4) is 0 Å². The van der Waals surface area contributed by atoms with E-state index in [0.717, 1.165) is 5.56 Å². The lowest BCUT2D eigenvalue weighted by molar-refractivity contribution is -0.336. The van der Waals surface area contributed by atoms with Gasteiger partial charge in [-0.05, 0) is 42.5 Å². The molecular formula is C18H17ClNO3S-. The van der Waals surface area contributed by atoms with Gasteiger partial charge in [0.15, 0.2) is 0 Å². The summed E-state index contributed by atoms with van der Waals surface area (Å²) in [6, 6.07) is 15.4. The summed E-state index contributed by atoms with van der Waals surface area (Å²) in [6.45, 7) is 0.837. The Morgan fingerprint density at radius 1 is 1.04 bits per heavy atom. The molecule has 0 aliphatic carbocycles. The van der Waals surface area contributed by atoms with E-state index in [4.69, 9.17) is 11.6 Å². The van der Waals surface area contributed by atoms with Gasteiger partial charge in [-0.15, -0.1) is 0 Å². The summed E-state index contributed by atoms with van der Waals surface area (Å²) in [4.78, 5) is 1.68. The van der Waals surface area contributed by atoms with E-state index >= 15 is 0 Å². The summed E-state index contributed by atoms with van der Waals surface area (Å²) in [7, 11) is -3.75. The molecule has 0 fully saturated rings. The van der Waals surface area contributed by atoms with Gasteiger partial charge < -0.3 is 10.0 Å². The van der Waals surface area contributed by atoms with Gasteiger partial charge in [0.1, 0.15) is 0 Å². The molecule has 2 aromatic rings. The fraction of sp³-hybridized carbons (Fsp3) is 0.222. The Kier molecular flexibility index (Phi) is 4.83. The first-order valence-electron chi connectivity index (χ1n) is 7.69. The average Bonchev–Trinajstić information content (AvgIpc) is 2.59. The maximum atomic E-state index is 12.8. The Morgan fingerprint density at radius 2 is 1.71 bits per heavy atom. The van der Waals surface area contributed by atoms with Crippen LogP contribution >= 0.6 is 11.6 Å². The molecule has 0 N–H and O–H groups in total. The second-order valence-corrected chi connectivity index (χ2v) is 8.04. The van der Waals surface area contributed by atoms with E-state index in [9.17, 15) is 13.5 Å². The Balaban J connectivity index is 1.95. The van der Waals surface area contributed by atoms with E-state index in [2.05, 4.69) is 0 Å². The Morgan fingerprint density at radius 3 is 2.42 bits per heavy atom. The summed E-state index contributed by atoms with van der Waals surface area (Å²) in [5.41, 5.74) is 0.811. The van der Waals surface area contributed by atoms with Gasteiger partial charge in [-0.25, -0.2) is 8.42 Å². The molecule has 1 aliphatic rings. The molecule has 6 heteroatoms. The molecule has 3 rings (SSSR count). The largest absolute Gasteiger partial charge is 0.860 e. The quantitative estimate of drug-likeness (QED) is 0.839. The highest BCUT2D eigenvalue weighted by atomic mass is 35.5. The predicted octanol–water partition coefficient (Wildman–Crippen LogP) is 2.94. The van der Waals surface area contributed by atoms with E-state index in [1.807, 2.05) is 18.2 Å². The molecule has 0 saturated carbocycles. The number of halogens is 1. The Labute approximate surface area is 146 Å². The van der Waals surface area contributed by atoms with Gasteiger partial charge in [0.05, 0.1) is 9.80 Å². The van der Waals surface area contributed by atoms with Crippen molar-refractivity contribution in [3.8, 4) is 0 Å². The van der Waals surface area contributed by atoms with Gasteiger partial charge in [-0.3, -0.25) is 0 Å². The lowest BCUT2D eigenvalue weighted by Crippen LogP contribution is -2.36. The number of benzene rings is 2. The molecular weight excluding hydrogens is 346 g/mol. The lowest BCUT2D eigenvalue weighted by atomic mass is 10.1. The molecule has 0 amide bonds. The zero-order valence-electron chi connectivity index (χ0n) is 13.0. The van der Waals surface area contributed by atoms with Crippen LogP contribution in [0.2, 0.25) is 5.02 Å². The average molecular weight is 363 g/mol. The van der Waals surface area contributed by atoms with E-state index in [1.54, 1.807) is 29.2 Å². The van der Waals surface area contributed by atoms with E-state index in [0.29, 0.717) is 24.5 Å². The number of rotatable bonds is 4. The molecule has 0 aromatic heterocycles. The predicted molar refractivity (Wildman–Crippen MR) is 91.7 cm³/mol. The van der Waals surface area contributed by atoms with Gasteiger partial charge in [0, 0.05) is 18.1 Å². The van der Waals surface area contributed by atoms with Gasteiger partial charge in [-0.1, -0.05) is 48.0 Å². The highest BCUT2D eigenvalue weighted by Gasteiger charge is 2.26. The van der Waals surface area contributed by atoms with Crippen LogP contribution in [-0.2, 0) is 16.4 Å². The molecule has 0 bridgehead atoms. The molecule has 0 atom stereocenters. The fourth-order valence-electron chi connectivity index (χ4n) is 2.79. The topological polar surface area (TPSA) is 60.4 Å². The second kappa shape index (κ2) is 6.87. The highest BCUT2D eigenvalue weighted by molar-refractivity contribution is 7.95. The third kappa shape index (κ3) is 3.28. The standard InChI is InChI=1S/C18H18ClNO3S/c19-16-10-5-4-7-14(16)13-20-12-6-11-17(18(20)21)24(22,23)15-8-2-1-3-9-15/h1-5,7-10,21H,6,11-13H2/p-1. The SMILES string of the molecule is O=S(=O)(C1=C([O-])N(Cc2ccccc2Cl)CCC1)c1ccccc1. The maximum absolute atomic E-state index is 12.8. The van der Waals surface area contributed by atoms with E-state index in [1.165, 1.54) is 12.1 Å². The minimum Gasteiger partial charge on any atom is -0.860 e. The number of nitrogens with zero attached hydrogens (tertiary/aromatic N) is 1. The number of allylic oxidation sites excluding steroid dienone is 1. The zero-order valence-corrected chi connectivity index (χ0v) is 14.6. The Bertz CT molecular complexity index is 863. The zero-order chi connectivity index (χ0) is 17.2. The van der Waals surface area contributed by atoms with Crippen molar-refractivity contribution < 1.29 is 13.5 Å². The van der Waals surface area contributed by atoms with Crippen LogP contribution in [0.1, 0.15) is 18.4 Å². The van der Waals surface area contributed by atoms with Crippen LogP contribution in [0.4, 0.5) is 0 Å². The lowest BCUT2D eigenvalue weighted by Gasteiger charge is -2.37. The first kappa shape index (κ1) is 16.9. The first-order chi connectivity index (χ1) is 11.5. The van der Waals surface area contributed by atoms with Crippen molar-refractivity contribution in [1.82, 2.24) is 4.90 Å². The van der Waals surface area contributed by atoms with Gasteiger partial charge >= 0.3 is 0 Å². The van der Waals surface area contributed by atoms with Crippen LogP contribution in [-0.4, -0.2) is 19.9 Å². The van der Waals surface area contributed by atoms with Crippen LogP contribution < -0.4 is 5.11 Å². The number of hydrogen-bond donors (Lipinski definition) is 0. The molecule has 1 aliphatic heterocycles. The monoisotopic (exact) mass is 362 g/mol. The maximum Gasteiger partial charge on any atom is 0.203 e. The fourth-order valence-corrected chi connectivity index (χ4v) is 4.56. The van der Waals surface area contributed by atoms with Crippen LogP contribution in [0, 0.1) is 0 Å². The number of hydrogen-bond acceptors (Lipinski definition) is 4. The van der Waals surface area contributed by atoms with Crippen molar-refractivity contribution in [3.63, 3.8) is 0 Å². The molecule has 0 unspecified atom stereocenters. The highest BCUT2D eigenvalue weighted by Crippen LogP contribution is 2.30. The molecule has 4 nitrogen and oxygen atoms in total. The molecule has 0 radical (unpaired) electrons. The molecule has 0 saturated heterocycles. The summed E-state index contributed by atoms with van der Waals surface area (Å²) >= 11 is 6.15. The molecule has 1 heterocycles. The smallest absolute Gasteiger partial charge is 0.203 e. The normalized spacial score (nSPS) is 15.6. The van der Waals surface area contributed by atoms with Crippen molar-refractivity contribution in [1.29, 1.82) is 0 Å². The van der Waals surface area contributed by atoms with E-state index < -0.39 is 15.7 Å². The third-order valence-corrected chi connectivity index (χ3v) is 6.34. The summed E-state index contributed by atoms with van der Waals surface area (Å²) in [5, 5.41) is 13.3. The van der Waals surface area contributed by atoms with Gasteiger partial charge in [0.25, 0.3) is 0 Å². The Hall–Kier alpha value is -1.98. The van der Waals surface area contributed by atoms with Crippen LogP contribution in [0.5, 0.6) is 0 Å². The third-order valence-electron chi connectivity index (χ3n) is 4.05. The minimum absolute atomic E-state index is 0.0352. The van der Waals surface area contributed by atoms with Crippen LogP contribution in [0.15, 0.2) is 70.3 Å². The summed E-state index contributed by atoms with van der Waals surface area (Å²) < 4.78 is 25.5.